The van der Waals surface area contributed by atoms with Crippen LogP contribution in [0.2, 0.25) is 0 Å². The molecule has 24 heavy (non-hydrogen) atoms. The minimum atomic E-state index is -0.176. The van der Waals surface area contributed by atoms with E-state index >= 15 is 0 Å². The second-order valence-corrected chi connectivity index (χ2v) is 6.57. The standard InChI is InChI=1S/C18H21BrN2O3/c19-17-8-7-15(24-17)18(22)20-9-4-10-21-11-12-23-16(13-21)14-5-2-1-3-6-14/h1-3,5-8,16H,4,9-13H2,(H,20,22). The SMILES string of the molecule is O=C(NCCCN1CCOC(c2ccccc2)C1)c1ccc(Br)o1. The molecular weight excluding hydrogens is 372 g/mol. The summed E-state index contributed by atoms with van der Waals surface area (Å²) in [4.78, 5) is 14.3. The minimum absolute atomic E-state index is 0.134. The number of carbonyl (C=O) groups is 1. The Bertz CT molecular complexity index is 659. The molecule has 1 unspecified atom stereocenters. The summed E-state index contributed by atoms with van der Waals surface area (Å²) < 4.78 is 11.7. The van der Waals surface area contributed by atoms with Crippen molar-refractivity contribution in [3.63, 3.8) is 0 Å². The number of morpholine rings is 1. The van der Waals surface area contributed by atoms with Crippen molar-refractivity contribution in [3.05, 3.63) is 58.5 Å². The lowest BCUT2D eigenvalue weighted by Gasteiger charge is -2.33. The van der Waals surface area contributed by atoms with Crippen molar-refractivity contribution in [2.75, 3.05) is 32.8 Å². The third-order valence-corrected chi connectivity index (χ3v) is 4.48. The van der Waals surface area contributed by atoms with Crippen molar-refractivity contribution in [1.82, 2.24) is 10.2 Å². The summed E-state index contributed by atoms with van der Waals surface area (Å²) in [6.45, 7) is 4.14. The number of furan rings is 1. The molecule has 1 N–H and O–H groups in total. The van der Waals surface area contributed by atoms with Crippen LogP contribution in [0.3, 0.4) is 0 Å². The molecule has 1 aliphatic heterocycles. The first-order chi connectivity index (χ1) is 11.7. The van der Waals surface area contributed by atoms with Crippen LogP contribution in [-0.2, 0) is 4.74 Å². The Morgan fingerprint density at radius 2 is 2.08 bits per heavy atom. The van der Waals surface area contributed by atoms with Crippen molar-refractivity contribution in [3.8, 4) is 0 Å². The van der Waals surface area contributed by atoms with Gasteiger partial charge < -0.3 is 14.5 Å². The number of nitrogens with one attached hydrogen (secondary N) is 1. The molecule has 2 aromatic rings. The van der Waals surface area contributed by atoms with E-state index in [0.29, 0.717) is 17.0 Å². The average Bonchev–Trinajstić information content (AvgIpc) is 3.06. The lowest BCUT2D eigenvalue weighted by atomic mass is 10.1. The van der Waals surface area contributed by atoms with E-state index in [0.717, 1.165) is 32.7 Å². The van der Waals surface area contributed by atoms with Gasteiger partial charge >= 0.3 is 0 Å². The predicted molar refractivity (Wildman–Crippen MR) is 94.9 cm³/mol. The highest BCUT2D eigenvalue weighted by Crippen LogP contribution is 2.21. The Morgan fingerprint density at radius 3 is 2.83 bits per heavy atom. The number of amides is 1. The van der Waals surface area contributed by atoms with Crippen LogP contribution < -0.4 is 5.32 Å². The number of hydrogen-bond donors (Lipinski definition) is 1. The number of nitrogens with zero attached hydrogens (tertiary/aromatic N) is 1. The van der Waals surface area contributed by atoms with Crippen molar-refractivity contribution in [2.45, 2.75) is 12.5 Å². The molecule has 1 aromatic carbocycles. The largest absolute Gasteiger partial charge is 0.444 e. The van der Waals surface area contributed by atoms with Gasteiger partial charge in [-0.1, -0.05) is 30.3 Å². The Kier molecular flexibility index (Phi) is 6.07. The molecule has 1 aliphatic rings. The zero-order valence-electron chi connectivity index (χ0n) is 13.4. The molecule has 2 heterocycles. The molecule has 0 bridgehead atoms. The number of benzene rings is 1. The van der Waals surface area contributed by atoms with Gasteiger partial charge in [0.15, 0.2) is 10.4 Å². The Balaban J connectivity index is 1.39. The highest BCUT2D eigenvalue weighted by molar-refractivity contribution is 9.10. The quantitative estimate of drug-likeness (QED) is 0.766. The first-order valence-electron chi connectivity index (χ1n) is 8.15. The van der Waals surface area contributed by atoms with Crippen LogP contribution in [0.15, 0.2) is 51.6 Å². The fourth-order valence-corrected chi connectivity index (χ4v) is 3.11. The second-order valence-electron chi connectivity index (χ2n) is 5.78. The van der Waals surface area contributed by atoms with E-state index in [-0.39, 0.29) is 12.0 Å². The highest BCUT2D eigenvalue weighted by atomic mass is 79.9. The van der Waals surface area contributed by atoms with E-state index in [1.807, 2.05) is 18.2 Å². The van der Waals surface area contributed by atoms with Crippen LogP contribution in [0, 0.1) is 0 Å². The summed E-state index contributed by atoms with van der Waals surface area (Å²) in [6, 6.07) is 13.7. The summed E-state index contributed by atoms with van der Waals surface area (Å²) in [5.41, 5.74) is 1.22. The van der Waals surface area contributed by atoms with Gasteiger partial charge in [-0.15, -0.1) is 0 Å². The molecule has 1 saturated heterocycles. The third kappa shape index (κ3) is 4.69. The molecule has 1 aromatic heterocycles. The molecule has 3 rings (SSSR count). The third-order valence-electron chi connectivity index (χ3n) is 4.06. The molecule has 0 spiro atoms. The zero-order valence-corrected chi connectivity index (χ0v) is 15.0. The minimum Gasteiger partial charge on any atom is -0.444 e. The zero-order chi connectivity index (χ0) is 16.8. The fraction of sp³-hybridized carbons (Fsp3) is 0.389. The van der Waals surface area contributed by atoms with Crippen molar-refractivity contribution < 1.29 is 13.9 Å². The highest BCUT2D eigenvalue weighted by Gasteiger charge is 2.21. The molecule has 1 amide bonds. The normalized spacial score (nSPS) is 18.5. The second kappa shape index (κ2) is 8.46. The van der Waals surface area contributed by atoms with Crippen LogP contribution in [0.25, 0.3) is 0 Å². The maximum absolute atomic E-state index is 11.9. The molecule has 6 heteroatoms. The molecular formula is C18H21BrN2O3. The first kappa shape index (κ1) is 17.2. The maximum Gasteiger partial charge on any atom is 0.287 e. The lowest BCUT2D eigenvalue weighted by molar-refractivity contribution is -0.0301. The van der Waals surface area contributed by atoms with Crippen LogP contribution in [0.1, 0.15) is 28.6 Å². The van der Waals surface area contributed by atoms with Gasteiger partial charge in [0.25, 0.3) is 5.91 Å². The molecule has 0 aliphatic carbocycles. The van der Waals surface area contributed by atoms with E-state index in [1.165, 1.54) is 5.56 Å². The Labute approximate surface area is 150 Å². The number of halogens is 1. The van der Waals surface area contributed by atoms with E-state index in [4.69, 9.17) is 9.15 Å². The predicted octanol–water partition coefficient (Wildman–Crippen LogP) is 3.24. The number of hydrogen-bond acceptors (Lipinski definition) is 4. The number of ether oxygens (including phenoxy) is 1. The van der Waals surface area contributed by atoms with E-state index in [9.17, 15) is 4.79 Å². The van der Waals surface area contributed by atoms with Gasteiger partial charge in [-0.05, 0) is 40.0 Å². The summed E-state index contributed by atoms with van der Waals surface area (Å²) in [6.07, 6.45) is 1.03. The van der Waals surface area contributed by atoms with Gasteiger partial charge in [-0.3, -0.25) is 9.69 Å². The average molecular weight is 393 g/mol. The van der Waals surface area contributed by atoms with Crippen molar-refractivity contribution in [1.29, 1.82) is 0 Å². The molecule has 0 saturated carbocycles. The first-order valence-corrected chi connectivity index (χ1v) is 8.94. The van der Waals surface area contributed by atoms with E-state index in [1.54, 1.807) is 12.1 Å². The summed E-state index contributed by atoms with van der Waals surface area (Å²) >= 11 is 3.19. The molecule has 5 nitrogen and oxygen atoms in total. The van der Waals surface area contributed by atoms with Crippen LogP contribution in [0.4, 0.5) is 0 Å². The molecule has 1 fully saturated rings. The van der Waals surface area contributed by atoms with Gasteiger partial charge in [-0.25, -0.2) is 0 Å². The fourth-order valence-electron chi connectivity index (χ4n) is 2.80. The van der Waals surface area contributed by atoms with Crippen LogP contribution in [0.5, 0.6) is 0 Å². The molecule has 1 atom stereocenters. The van der Waals surface area contributed by atoms with Gasteiger partial charge in [0.1, 0.15) is 0 Å². The van der Waals surface area contributed by atoms with Gasteiger partial charge in [0.2, 0.25) is 0 Å². The van der Waals surface area contributed by atoms with E-state index in [2.05, 4.69) is 38.3 Å². The number of rotatable bonds is 6. The lowest BCUT2D eigenvalue weighted by Crippen LogP contribution is -2.39. The number of carbonyl (C=O) groups excluding carboxylic acids is 1. The smallest absolute Gasteiger partial charge is 0.287 e. The Morgan fingerprint density at radius 1 is 1.25 bits per heavy atom. The van der Waals surface area contributed by atoms with E-state index < -0.39 is 0 Å². The van der Waals surface area contributed by atoms with Crippen molar-refractivity contribution in [2.24, 2.45) is 0 Å². The summed E-state index contributed by atoms with van der Waals surface area (Å²) in [5.74, 6) is 0.155. The van der Waals surface area contributed by atoms with Crippen LogP contribution >= 0.6 is 15.9 Å². The van der Waals surface area contributed by atoms with Gasteiger partial charge in [0, 0.05) is 26.2 Å². The molecule has 128 valence electrons. The summed E-state index contributed by atoms with van der Waals surface area (Å²) in [5, 5.41) is 2.88. The van der Waals surface area contributed by atoms with Gasteiger partial charge in [-0.2, -0.15) is 0 Å². The Hall–Kier alpha value is -1.63. The topological polar surface area (TPSA) is 54.7 Å². The monoisotopic (exact) mass is 392 g/mol. The van der Waals surface area contributed by atoms with Crippen molar-refractivity contribution >= 4 is 21.8 Å². The van der Waals surface area contributed by atoms with Crippen LogP contribution in [-0.4, -0.2) is 43.6 Å². The maximum atomic E-state index is 11.9. The van der Waals surface area contributed by atoms with Gasteiger partial charge in [0.05, 0.1) is 12.7 Å². The molecule has 0 radical (unpaired) electrons. The summed E-state index contributed by atoms with van der Waals surface area (Å²) in [7, 11) is 0.